The van der Waals surface area contributed by atoms with Gasteiger partial charge in [-0.25, -0.2) is 9.97 Å². The van der Waals surface area contributed by atoms with Crippen LogP contribution in [0.5, 0.6) is 5.75 Å². The van der Waals surface area contributed by atoms with E-state index >= 15 is 0 Å². The van der Waals surface area contributed by atoms with E-state index in [1.807, 2.05) is 13.8 Å². The summed E-state index contributed by atoms with van der Waals surface area (Å²) < 4.78 is 40.9. The number of nitrogens with zero attached hydrogens (tertiary/aromatic N) is 5. The number of carbonyl (C=O) groups is 1. The lowest BCUT2D eigenvalue weighted by Gasteiger charge is -2.36. The van der Waals surface area contributed by atoms with E-state index < -0.39 is 23.6 Å². The van der Waals surface area contributed by atoms with Gasteiger partial charge in [0.2, 0.25) is 11.6 Å². The predicted molar refractivity (Wildman–Crippen MR) is 118 cm³/mol. The van der Waals surface area contributed by atoms with Crippen LogP contribution in [0.15, 0.2) is 18.3 Å². The van der Waals surface area contributed by atoms with Crippen LogP contribution in [-0.2, 0) is 11.0 Å². The molecule has 0 radical (unpaired) electrons. The fraction of sp³-hybridized carbons (Fsp3) is 0.478. The molecule has 0 saturated carbocycles. The molecule has 11 heteroatoms. The number of phenolic OH excluding ortho intramolecular Hbond substituents is 1. The van der Waals surface area contributed by atoms with Gasteiger partial charge in [-0.05, 0) is 51.8 Å². The van der Waals surface area contributed by atoms with Crippen molar-refractivity contribution in [3.63, 3.8) is 0 Å². The van der Waals surface area contributed by atoms with Crippen molar-refractivity contribution < 1.29 is 28.2 Å². The second-order valence-corrected chi connectivity index (χ2v) is 8.95. The number of phenols is 1. The Balaban J connectivity index is 1.80. The predicted octanol–water partition coefficient (Wildman–Crippen LogP) is 4.15. The maximum absolute atomic E-state index is 13.1. The Kier molecular flexibility index (Phi) is 6.01. The molecule has 1 aliphatic rings. The smallest absolute Gasteiger partial charge is 0.416 e. The lowest BCUT2D eigenvalue weighted by molar-refractivity contribution is -0.138. The molecule has 0 aliphatic carbocycles. The summed E-state index contributed by atoms with van der Waals surface area (Å²) in [5.41, 5.74) is 0.531. The van der Waals surface area contributed by atoms with E-state index in [1.54, 1.807) is 16.5 Å². The van der Waals surface area contributed by atoms with Crippen LogP contribution in [0, 0.1) is 6.92 Å². The number of hydrogen-bond acceptors (Lipinski definition) is 6. The third-order valence-electron chi connectivity index (χ3n) is 6.13. The Labute approximate surface area is 194 Å². The van der Waals surface area contributed by atoms with Gasteiger partial charge in [-0.3, -0.25) is 9.48 Å². The van der Waals surface area contributed by atoms with E-state index in [4.69, 9.17) is 0 Å². The van der Waals surface area contributed by atoms with Gasteiger partial charge in [0.25, 0.3) is 0 Å². The molecular formula is C23H26F3N5O3. The number of aromatic hydroxyl groups is 1. The van der Waals surface area contributed by atoms with Gasteiger partial charge < -0.3 is 15.1 Å². The molecule has 2 N–H and O–H groups in total. The number of hydrogen-bond donors (Lipinski definition) is 2. The Morgan fingerprint density at radius 1 is 1.21 bits per heavy atom. The minimum absolute atomic E-state index is 0.0174. The van der Waals surface area contributed by atoms with Gasteiger partial charge in [-0.2, -0.15) is 13.2 Å². The quantitative estimate of drug-likeness (QED) is 0.585. The van der Waals surface area contributed by atoms with E-state index in [0.717, 1.165) is 6.07 Å². The second kappa shape index (κ2) is 8.53. The van der Waals surface area contributed by atoms with Crippen LogP contribution in [0.1, 0.15) is 62.6 Å². The summed E-state index contributed by atoms with van der Waals surface area (Å²) in [5, 5.41) is 25.4. The number of aliphatic hydroxyl groups excluding tert-OH is 1. The van der Waals surface area contributed by atoms with Crippen LogP contribution in [0.25, 0.3) is 22.4 Å². The van der Waals surface area contributed by atoms with E-state index in [0.29, 0.717) is 36.7 Å². The molecule has 4 rings (SSSR count). The molecule has 3 heterocycles. The van der Waals surface area contributed by atoms with E-state index in [9.17, 15) is 28.2 Å². The number of benzene rings is 1. The molecule has 0 spiro atoms. The number of likely N-dealkylation sites (tertiary alicyclic amines) is 1. The lowest BCUT2D eigenvalue weighted by Crippen LogP contribution is -2.45. The van der Waals surface area contributed by atoms with E-state index in [1.165, 1.54) is 13.1 Å². The molecular weight excluding hydrogens is 451 g/mol. The van der Waals surface area contributed by atoms with Crippen LogP contribution in [0.4, 0.5) is 13.2 Å². The molecule has 2 atom stereocenters. The largest absolute Gasteiger partial charge is 0.507 e. The highest BCUT2D eigenvalue weighted by molar-refractivity contribution is 5.80. The van der Waals surface area contributed by atoms with Crippen molar-refractivity contribution >= 4 is 17.1 Å². The average molecular weight is 477 g/mol. The Hall–Kier alpha value is -3.21. The number of halogens is 3. The SMILES string of the molecule is Cc1cc(C(F)(F)F)cc(O)c1-c1cnc2c([C@@H](C)O)n([C@@H]3CCC(=O)N(C(C)C)C3)nc2n1. The molecule has 1 saturated heterocycles. The second-order valence-electron chi connectivity index (χ2n) is 8.95. The molecule has 1 aromatic carbocycles. The molecule has 8 nitrogen and oxygen atoms in total. The summed E-state index contributed by atoms with van der Waals surface area (Å²) in [5.74, 6) is -0.497. The Bertz CT molecular complexity index is 1230. The number of piperidine rings is 1. The van der Waals surface area contributed by atoms with Crippen molar-refractivity contribution in [1.82, 2.24) is 24.6 Å². The van der Waals surface area contributed by atoms with Crippen molar-refractivity contribution in [2.45, 2.75) is 64.9 Å². The van der Waals surface area contributed by atoms with Gasteiger partial charge in [-0.15, -0.1) is 5.10 Å². The number of aromatic nitrogens is 4. The lowest BCUT2D eigenvalue weighted by atomic mass is 10.0. The summed E-state index contributed by atoms with van der Waals surface area (Å²) in [7, 11) is 0. The number of rotatable bonds is 4. The molecule has 0 unspecified atom stereocenters. The van der Waals surface area contributed by atoms with Gasteiger partial charge >= 0.3 is 6.18 Å². The fourth-order valence-electron chi connectivity index (χ4n) is 4.50. The minimum atomic E-state index is -4.59. The van der Waals surface area contributed by atoms with E-state index in [2.05, 4.69) is 15.1 Å². The summed E-state index contributed by atoms with van der Waals surface area (Å²) in [6.45, 7) is 7.33. The molecule has 182 valence electrons. The maximum atomic E-state index is 13.1. The normalized spacial score (nSPS) is 18.2. The zero-order valence-corrected chi connectivity index (χ0v) is 19.3. The molecule has 3 aromatic rings. The topological polar surface area (TPSA) is 104 Å². The van der Waals surface area contributed by atoms with Crippen LogP contribution in [0.2, 0.25) is 0 Å². The molecule has 0 bridgehead atoms. The molecule has 1 fully saturated rings. The first-order valence-corrected chi connectivity index (χ1v) is 11.0. The van der Waals surface area contributed by atoms with Gasteiger partial charge in [0, 0.05) is 24.6 Å². The van der Waals surface area contributed by atoms with Gasteiger partial charge in [0.1, 0.15) is 11.3 Å². The number of alkyl halides is 3. The average Bonchev–Trinajstić information content (AvgIpc) is 3.11. The Morgan fingerprint density at radius 2 is 1.91 bits per heavy atom. The monoisotopic (exact) mass is 477 g/mol. The minimum Gasteiger partial charge on any atom is -0.507 e. The summed E-state index contributed by atoms with van der Waals surface area (Å²) in [4.78, 5) is 22.9. The zero-order chi connectivity index (χ0) is 24.9. The standard InChI is InChI=1S/C23H26F3N5O3/c1-11(2)30-10-15(5-6-18(30)34)31-21(13(4)32)20-22(29-31)28-16(9-27-20)19-12(3)7-14(8-17(19)33)23(24,25)26/h7-9,11,13,15,32-33H,5-6,10H2,1-4H3/t13-,15-/m1/s1. The molecule has 1 aliphatic heterocycles. The highest BCUT2D eigenvalue weighted by Gasteiger charge is 2.34. The highest BCUT2D eigenvalue weighted by Crippen LogP contribution is 2.39. The van der Waals surface area contributed by atoms with Crippen molar-refractivity contribution in [2.24, 2.45) is 0 Å². The van der Waals surface area contributed by atoms with Crippen molar-refractivity contribution in [1.29, 1.82) is 0 Å². The molecule has 2 aromatic heterocycles. The number of fused-ring (bicyclic) bond motifs is 1. The van der Waals surface area contributed by atoms with Crippen LogP contribution >= 0.6 is 0 Å². The van der Waals surface area contributed by atoms with Crippen LogP contribution in [-0.4, -0.2) is 53.4 Å². The van der Waals surface area contributed by atoms with Crippen molar-refractivity contribution in [2.75, 3.05) is 6.54 Å². The van der Waals surface area contributed by atoms with Crippen LogP contribution < -0.4 is 0 Å². The zero-order valence-electron chi connectivity index (χ0n) is 19.3. The number of aryl methyl sites for hydroxylation is 1. The first-order valence-electron chi connectivity index (χ1n) is 11.0. The van der Waals surface area contributed by atoms with Gasteiger partial charge in [-0.1, -0.05) is 0 Å². The maximum Gasteiger partial charge on any atom is 0.416 e. The number of carbonyl (C=O) groups excluding carboxylic acids is 1. The number of aliphatic hydroxyl groups is 1. The summed E-state index contributed by atoms with van der Waals surface area (Å²) >= 11 is 0. The summed E-state index contributed by atoms with van der Waals surface area (Å²) in [6.07, 6.45) is -3.27. The van der Waals surface area contributed by atoms with Crippen LogP contribution in [0.3, 0.4) is 0 Å². The van der Waals surface area contributed by atoms with Gasteiger partial charge in [0.15, 0.2) is 0 Å². The molecule has 34 heavy (non-hydrogen) atoms. The third kappa shape index (κ3) is 4.20. The first-order chi connectivity index (χ1) is 15.9. The summed E-state index contributed by atoms with van der Waals surface area (Å²) in [6, 6.07) is 1.43. The van der Waals surface area contributed by atoms with Crippen molar-refractivity contribution in [3.8, 4) is 17.0 Å². The van der Waals surface area contributed by atoms with Gasteiger partial charge in [0.05, 0.1) is 35.3 Å². The first kappa shape index (κ1) is 23.9. The fourth-order valence-corrected chi connectivity index (χ4v) is 4.50. The number of amides is 1. The highest BCUT2D eigenvalue weighted by atomic mass is 19.4. The Morgan fingerprint density at radius 3 is 2.50 bits per heavy atom. The van der Waals surface area contributed by atoms with E-state index in [-0.39, 0.29) is 40.5 Å². The molecule has 1 amide bonds. The van der Waals surface area contributed by atoms with Crippen molar-refractivity contribution in [3.05, 3.63) is 35.2 Å². The third-order valence-corrected chi connectivity index (χ3v) is 6.13.